The Morgan fingerprint density at radius 1 is 1.15 bits per heavy atom. The van der Waals surface area contributed by atoms with Crippen LogP contribution in [0.15, 0.2) is 47.6 Å². The van der Waals surface area contributed by atoms with Crippen molar-refractivity contribution in [3.63, 3.8) is 0 Å². The number of nitro benzene ring substituents is 1. The summed E-state index contributed by atoms with van der Waals surface area (Å²) >= 11 is 1.53. The second kappa shape index (κ2) is 9.15. The molecule has 0 aliphatic rings. The van der Waals surface area contributed by atoms with E-state index in [-0.39, 0.29) is 11.6 Å². The minimum absolute atomic E-state index is 0.0216. The Balaban J connectivity index is 1.83. The van der Waals surface area contributed by atoms with Gasteiger partial charge in [0.05, 0.1) is 16.4 Å². The van der Waals surface area contributed by atoms with Crippen molar-refractivity contribution in [3.8, 4) is 0 Å². The molecule has 1 amide bonds. The number of aryl methyl sites for hydroxylation is 2. The highest BCUT2D eigenvalue weighted by molar-refractivity contribution is 7.99. The van der Waals surface area contributed by atoms with Crippen LogP contribution in [0, 0.1) is 24.0 Å². The summed E-state index contributed by atoms with van der Waals surface area (Å²) in [5.41, 5.74) is 7.49. The second-order valence-electron chi connectivity index (χ2n) is 6.02. The Bertz CT molecular complexity index is 812. The standard InChI is InChI=1S/C19H21N3O3S/c1-13-8-14(2)10-16(9-13)11-26-12-19(23)21-20-15(3)17-4-6-18(7-5-17)22(24)25/h4-10H,11-12H2,1-3H3,(H,21,23)/b20-15-. The highest BCUT2D eigenvalue weighted by Gasteiger charge is 2.06. The van der Waals surface area contributed by atoms with Crippen molar-refractivity contribution < 1.29 is 9.72 Å². The molecule has 0 spiro atoms. The Hall–Kier alpha value is -2.67. The summed E-state index contributed by atoms with van der Waals surface area (Å²) in [6.07, 6.45) is 0. The van der Waals surface area contributed by atoms with Crippen molar-refractivity contribution in [2.24, 2.45) is 5.10 Å². The van der Waals surface area contributed by atoms with Gasteiger partial charge in [0.25, 0.3) is 5.69 Å². The van der Waals surface area contributed by atoms with Crippen LogP contribution < -0.4 is 5.43 Å². The van der Waals surface area contributed by atoms with E-state index >= 15 is 0 Å². The van der Waals surface area contributed by atoms with Crippen molar-refractivity contribution in [2.45, 2.75) is 26.5 Å². The van der Waals surface area contributed by atoms with Gasteiger partial charge in [-0.2, -0.15) is 5.10 Å². The summed E-state index contributed by atoms with van der Waals surface area (Å²) in [5, 5.41) is 14.7. The first-order chi connectivity index (χ1) is 12.3. The largest absolute Gasteiger partial charge is 0.272 e. The van der Waals surface area contributed by atoms with Crippen LogP contribution in [0.1, 0.15) is 29.2 Å². The minimum Gasteiger partial charge on any atom is -0.272 e. The zero-order chi connectivity index (χ0) is 19.1. The van der Waals surface area contributed by atoms with Crippen molar-refractivity contribution in [1.82, 2.24) is 5.43 Å². The highest BCUT2D eigenvalue weighted by atomic mass is 32.2. The molecule has 0 saturated carbocycles. The molecule has 0 aliphatic heterocycles. The van der Waals surface area contributed by atoms with Crippen molar-refractivity contribution in [2.75, 3.05) is 5.75 Å². The zero-order valence-corrected chi connectivity index (χ0v) is 15.8. The summed E-state index contributed by atoms with van der Waals surface area (Å²) in [4.78, 5) is 22.1. The molecule has 0 bridgehead atoms. The van der Waals surface area contributed by atoms with Gasteiger partial charge < -0.3 is 0 Å². The lowest BCUT2D eigenvalue weighted by Gasteiger charge is -2.05. The van der Waals surface area contributed by atoms with Crippen LogP contribution in [0.25, 0.3) is 0 Å². The maximum absolute atomic E-state index is 11.9. The van der Waals surface area contributed by atoms with E-state index < -0.39 is 4.92 Å². The van der Waals surface area contributed by atoms with Gasteiger partial charge in [0, 0.05) is 17.9 Å². The predicted molar refractivity (Wildman–Crippen MR) is 106 cm³/mol. The molecule has 0 saturated heterocycles. The molecule has 2 aromatic carbocycles. The topological polar surface area (TPSA) is 84.6 Å². The molecule has 136 valence electrons. The summed E-state index contributed by atoms with van der Waals surface area (Å²) in [6.45, 7) is 5.86. The fourth-order valence-corrected chi connectivity index (χ4v) is 3.24. The lowest BCUT2D eigenvalue weighted by atomic mass is 10.1. The molecule has 26 heavy (non-hydrogen) atoms. The monoisotopic (exact) mass is 371 g/mol. The van der Waals surface area contributed by atoms with Crippen molar-refractivity contribution in [1.29, 1.82) is 0 Å². The number of hydrazone groups is 1. The van der Waals surface area contributed by atoms with Crippen molar-refractivity contribution >= 4 is 29.1 Å². The number of nitrogens with one attached hydrogen (secondary N) is 1. The normalized spacial score (nSPS) is 11.3. The van der Waals surface area contributed by atoms with Gasteiger partial charge >= 0.3 is 0 Å². The molecule has 2 rings (SSSR count). The van der Waals surface area contributed by atoms with Crippen LogP contribution in [-0.4, -0.2) is 22.3 Å². The number of amides is 1. The molecular weight excluding hydrogens is 350 g/mol. The van der Waals surface area contributed by atoms with Crippen LogP contribution >= 0.6 is 11.8 Å². The SMILES string of the molecule is C/C(=N/NC(=O)CSCc1cc(C)cc(C)c1)c1ccc([N+](=O)[O-])cc1. The van der Waals surface area contributed by atoms with Crippen LogP contribution in [0.3, 0.4) is 0 Å². The average Bonchev–Trinajstić information content (AvgIpc) is 2.59. The first-order valence-electron chi connectivity index (χ1n) is 8.08. The van der Waals surface area contributed by atoms with Crippen LogP contribution in [-0.2, 0) is 10.5 Å². The van der Waals surface area contributed by atoms with E-state index in [0.717, 1.165) is 11.3 Å². The summed E-state index contributed by atoms with van der Waals surface area (Å²) < 4.78 is 0. The molecule has 0 aromatic heterocycles. The maximum Gasteiger partial charge on any atom is 0.269 e. The molecule has 2 aromatic rings. The highest BCUT2D eigenvalue weighted by Crippen LogP contribution is 2.16. The zero-order valence-electron chi connectivity index (χ0n) is 15.0. The third-order valence-electron chi connectivity index (χ3n) is 3.63. The Morgan fingerprint density at radius 3 is 2.35 bits per heavy atom. The van der Waals surface area contributed by atoms with Gasteiger partial charge in [-0.05, 0) is 44.0 Å². The van der Waals surface area contributed by atoms with Gasteiger partial charge in [0.1, 0.15) is 0 Å². The first-order valence-corrected chi connectivity index (χ1v) is 9.23. The average molecular weight is 371 g/mol. The number of nitrogens with zero attached hydrogens (tertiary/aromatic N) is 2. The molecule has 0 aliphatic carbocycles. The predicted octanol–water partition coefficient (Wildman–Crippen LogP) is 3.99. The number of rotatable bonds is 7. The lowest BCUT2D eigenvalue weighted by Crippen LogP contribution is -2.21. The Morgan fingerprint density at radius 2 is 1.77 bits per heavy atom. The Kier molecular flexibility index (Phi) is 6.91. The van der Waals surface area contributed by atoms with E-state index in [1.165, 1.54) is 40.6 Å². The second-order valence-corrected chi connectivity index (χ2v) is 7.01. The van der Waals surface area contributed by atoms with E-state index in [4.69, 9.17) is 0 Å². The number of hydrogen-bond donors (Lipinski definition) is 1. The maximum atomic E-state index is 11.9. The molecule has 0 unspecified atom stereocenters. The Labute approximate surface area is 156 Å². The van der Waals surface area contributed by atoms with Gasteiger partial charge in [0.15, 0.2) is 0 Å². The van der Waals surface area contributed by atoms with E-state index in [1.807, 2.05) is 0 Å². The number of nitro groups is 1. The third kappa shape index (κ3) is 6.00. The fraction of sp³-hybridized carbons (Fsp3) is 0.263. The number of hydrogen-bond acceptors (Lipinski definition) is 5. The van der Waals surface area contributed by atoms with E-state index in [1.54, 1.807) is 19.1 Å². The number of thioether (sulfide) groups is 1. The number of non-ortho nitro benzene ring substituents is 1. The summed E-state index contributed by atoms with van der Waals surface area (Å²) in [5.74, 6) is 0.894. The number of carbonyl (C=O) groups is 1. The number of carbonyl (C=O) groups excluding carboxylic acids is 1. The van der Waals surface area contributed by atoms with Gasteiger partial charge in [-0.1, -0.05) is 29.3 Å². The molecule has 0 atom stereocenters. The van der Waals surface area contributed by atoms with Gasteiger partial charge in [-0.25, -0.2) is 5.43 Å². The molecule has 1 N–H and O–H groups in total. The number of benzene rings is 2. The van der Waals surface area contributed by atoms with Gasteiger partial charge in [-0.15, -0.1) is 11.8 Å². The molecule has 0 fully saturated rings. The fourth-order valence-electron chi connectivity index (χ4n) is 2.48. The summed E-state index contributed by atoms with van der Waals surface area (Å²) in [6, 6.07) is 12.4. The smallest absolute Gasteiger partial charge is 0.269 e. The quantitative estimate of drug-likeness (QED) is 0.453. The van der Waals surface area contributed by atoms with Gasteiger partial charge in [0.2, 0.25) is 5.91 Å². The third-order valence-corrected chi connectivity index (χ3v) is 4.63. The van der Waals surface area contributed by atoms with E-state index in [9.17, 15) is 14.9 Å². The lowest BCUT2D eigenvalue weighted by molar-refractivity contribution is -0.384. The minimum atomic E-state index is -0.453. The van der Waals surface area contributed by atoms with Crippen LogP contribution in [0.5, 0.6) is 0 Å². The van der Waals surface area contributed by atoms with Gasteiger partial charge in [-0.3, -0.25) is 14.9 Å². The molecular formula is C19H21N3O3S. The van der Waals surface area contributed by atoms with Crippen molar-refractivity contribution in [3.05, 3.63) is 74.8 Å². The van der Waals surface area contributed by atoms with E-state index in [2.05, 4.69) is 42.6 Å². The summed E-state index contributed by atoms with van der Waals surface area (Å²) in [7, 11) is 0. The first kappa shape index (κ1) is 19.7. The van der Waals surface area contributed by atoms with E-state index in [0.29, 0.717) is 11.5 Å². The molecule has 0 heterocycles. The molecule has 0 radical (unpaired) electrons. The molecule has 7 heteroatoms. The molecule has 6 nitrogen and oxygen atoms in total. The van der Waals surface area contributed by atoms with Crippen LogP contribution in [0.2, 0.25) is 0 Å². The van der Waals surface area contributed by atoms with Crippen LogP contribution in [0.4, 0.5) is 5.69 Å².